The quantitative estimate of drug-likeness (QED) is 0.790. The number of nitrogens with zero attached hydrogens (tertiary/aromatic N) is 5. The molecular weight excluding hydrogens is 316 g/mol. The molecule has 24 heavy (non-hydrogen) atoms. The van der Waals surface area contributed by atoms with Crippen LogP contribution in [0.4, 0.5) is 8.78 Å². The van der Waals surface area contributed by atoms with Crippen LogP contribution in [0.25, 0.3) is 0 Å². The molecule has 134 valence electrons. The van der Waals surface area contributed by atoms with Crippen molar-refractivity contribution in [1.29, 1.82) is 0 Å². The van der Waals surface area contributed by atoms with Crippen LogP contribution in [0.5, 0.6) is 0 Å². The highest BCUT2D eigenvalue weighted by Gasteiger charge is 2.50. The molecule has 0 aliphatic carbocycles. The van der Waals surface area contributed by atoms with Crippen LogP contribution in [-0.2, 0) is 11.3 Å². The molecule has 6 nitrogen and oxygen atoms in total. The minimum atomic E-state index is -2.63. The second-order valence-corrected chi connectivity index (χ2v) is 7.26. The Labute approximate surface area is 141 Å². The number of likely N-dealkylation sites (tertiary alicyclic amines) is 2. The highest BCUT2D eigenvalue weighted by molar-refractivity contribution is 5.76. The van der Waals surface area contributed by atoms with Crippen LogP contribution in [0.2, 0.25) is 0 Å². The average molecular weight is 341 g/mol. The molecule has 3 heterocycles. The molecule has 2 fully saturated rings. The van der Waals surface area contributed by atoms with Crippen LogP contribution in [-0.4, -0.2) is 88.7 Å². The van der Waals surface area contributed by atoms with Crippen LogP contribution in [0, 0.1) is 6.92 Å². The number of hydrogen-bond acceptors (Lipinski definition) is 4. The number of alkyl halides is 2. The highest BCUT2D eigenvalue weighted by atomic mass is 19.3. The summed E-state index contributed by atoms with van der Waals surface area (Å²) in [6.07, 6.45) is 1.68. The van der Waals surface area contributed by atoms with Gasteiger partial charge in [-0.05, 0) is 27.1 Å². The van der Waals surface area contributed by atoms with E-state index >= 15 is 0 Å². The molecule has 8 heteroatoms. The number of carbonyl (C=O) groups excluding carboxylic acids is 1. The van der Waals surface area contributed by atoms with Crippen molar-refractivity contribution in [2.75, 3.05) is 40.3 Å². The molecule has 3 rings (SSSR count). The number of amides is 1. The van der Waals surface area contributed by atoms with Gasteiger partial charge in [0, 0.05) is 44.3 Å². The van der Waals surface area contributed by atoms with Crippen molar-refractivity contribution in [2.45, 2.75) is 37.9 Å². The number of likely N-dealkylation sites (N-methyl/N-ethyl adjacent to an activating group) is 1. The van der Waals surface area contributed by atoms with E-state index in [2.05, 4.69) is 5.10 Å². The van der Waals surface area contributed by atoms with E-state index in [0.717, 1.165) is 5.69 Å². The second-order valence-electron chi connectivity index (χ2n) is 7.26. The van der Waals surface area contributed by atoms with Gasteiger partial charge >= 0.3 is 0 Å². The molecule has 1 amide bonds. The zero-order chi connectivity index (χ0) is 17.5. The van der Waals surface area contributed by atoms with Gasteiger partial charge in [0.2, 0.25) is 5.91 Å². The van der Waals surface area contributed by atoms with Gasteiger partial charge in [-0.3, -0.25) is 14.4 Å². The van der Waals surface area contributed by atoms with Crippen LogP contribution in [0.1, 0.15) is 12.1 Å². The summed E-state index contributed by atoms with van der Waals surface area (Å²) in [5.74, 6) is -2.64. The largest absolute Gasteiger partial charge is 0.338 e. The summed E-state index contributed by atoms with van der Waals surface area (Å²) in [4.78, 5) is 17.8. The smallest absolute Gasteiger partial charge is 0.262 e. The first-order valence-electron chi connectivity index (χ1n) is 8.30. The molecule has 1 atom stereocenters. The van der Waals surface area contributed by atoms with Gasteiger partial charge in [0.25, 0.3) is 5.92 Å². The maximum absolute atomic E-state index is 13.8. The highest BCUT2D eigenvalue weighted by Crippen LogP contribution is 2.35. The molecule has 2 saturated heterocycles. The van der Waals surface area contributed by atoms with Gasteiger partial charge in [-0.15, -0.1) is 0 Å². The van der Waals surface area contributed by atoms with Crippen molar-refractivity contribution in [2.24, 2.45) is 0 Å². The van der Waals surface area contributed by atoms with Crippen molar-refractivity contribution >= 4 is 5.91 Å². The second kappa shape index (κ2) is 6.40. The molecular formula is C16H25F2N5O. The Bertz CT molecular complexity index is 597. The van der Waals surface area contributed by atoms with Crippen molar-refractivity contribution in [3.8, 4) is 0 Å². The predicted octanol–water partition coefficient (Wildman–Crippen LogP) is 0.674. The average Bonchev–Trinajstić information content (AvgIpc) is 2.91. The Kier molecular flexibility index (Phi) is 4.61. The summed E-state index contributed by atoms with van der Waals surface area (Å²) in [7, 11) is 3.80. The van der Waals surface area contributed by atoms with E-state index in [1.54, 1.807) is 15.8 Å². The first-order valence-corrected chi connectivity index (χ1v) is 8.30. The van der Waals surface area contributed by atoms with Gasteiger partial charge in [0.15, 0.2) is 0 Å². The summed E-state index contributed by atoms with van der Waals surface area (Å²) < 4.78 is 29.2. The fraction of sp³-hybridized carbons (Fsp3) is 0.750. The third-order valence-electron chi connectivity index (χ3n) is 4.75. The Morgan fingerprint density at radius 2 is 2.12 bits per heavy atom. The molecule has 0 bridgehead atoms. The van der Waals surface area contributed by atoms with Gasteiger partial charge in [0.1, 0.15) is 6.54 Å². The van der Waals surface area contributed by atoms with Gasteiger partial charge in [-0.1, -0.05) is 0 Å². The van der Waals surface area contributed by atoms with Gasteiger partial charge in [-0.25, -0.2) is 8.78 Å². The van der Waals surface area contributed by atoms with Gasteiger partial charge < -0.3 is 9.80 Å². The Morgan fingerprint density at radius 1 is 1.42 bits per heavy atom. The van der Waals surface area contributed by atoms with Gasteiger partial charge in [0.05, 0.1) is 12.2 Å². The number of aromatic nitrogens is 2. The van der Waals surface area contributed by atoms with E-state index < -0.39 is 5.92 Å². The summed E-state index contributed by atoms with van der Waals surface area (Å²) in [6.45, 7) is 3.55. The Morgan fingerprint density at radius 3 is 2.71 bits per heavy atom. The van der Waals surface area contributed by atoms with E-state index in [-0.39, 0.29) is 37.5 Å². The number of rotatable bonds is 5. The topological polar surface area (TPSA) is 44.6 Å². The lowest BCUT2D eigenvalue weighted by molar-refractivity contribution is -0.140. The zero-order valence-electron chi connectivity index (χ0n) is 14.5. The summed E-state index contributed by atoms with van der Waals surface area (Å²) in [5, 5.41) is 4.21. The van der Waals surface area contributed by atoms with Crippen molar-refractivity contribution in [3.63, 3.8) is 0 Å². The summed E-state index contributed by atoms with van der Waals surface area (Å²) >= 11 is 0. The van der Waals surface area contributed by atoms with E-state index in [0.29, 0.717) is 19.6 Å². The van der Waals surface area contributed by atoms with Crippen LogP contribution in [0.3, 0.4) is 0 Å². The monoisotopic (exact) mass is 341 g/mol. The van der Waals surface area contributed by atoms with Crippen LogP contribution < -0.4 is 0 Å². The fourth-order valence-corrected chi connectivity index (χ4v) is 3.60. The number of aryl methyl sites for hydroxylation is 1. The van der Waals surface area contributed by atoms with Gasteiger partial charge in [-0.2, -0.15) is 5.10 Å². The minimum Gasteiger partial charge on any atom is -0.338 e. The van der Waals surface area contributed by atoms with Crippen molar-refractivity contribution in [3.05, 3.63) is 18.0 Å². The Hall–Kier alpha value is -1.54. The van der Waals surface area contributed by atoms with E-state index in [9.17, 15) is 13.6 Å². The first-order chi connectivity index (χ1) is 11.2. The standard InChI is InChI=1S/C16H25F2N5O/c1-12-4-5-22(19-12)10-15(24)21-8-14(9-21)23-11-16(17,18)6-13(23)7-20(2)3/h4-5,13-14H,6-11H2,1-3H3/t13-/m0/s1. The molecule has 0 radical (unpaired) electrons. The van der Waals surface area contributed by atoms with E-state index in [1.807, 2.05) is 36.9 Å². The molecule has 1 aromatic rings. The van der Waals surface area contributed by atoms with E-state index in [1.165, 1.54) is 0 Å². The molecule has 0 N–H and O–H groups in total. The SMILES string of the molecule is Cc1ccn(CC(=O)N2CC(N3CC(F)(F)C[C@H]3CN(C)C)C2)n1. The molecule has 0 aromatic carbocycles. The fourth-order valence-electron chi connectivity index (χ4n) is 3.60. The first kappa shape index (κ1) is 17.3. The third-order valence-corrected chi connectivity index (χ3v) is 4.75. The molecule has 0 saturated carbocycles. The minimum absolute atomic E-state index is 0.00975. The molecule has 0 unspecified atom stereocenters. The molecule has 2 aliphatic heterocycles. The zero-order valence-corrected chi connectivity index (χ0v) is 14.5. The summed E-state index contributed by atoms with van der Waals surface area (Å²) in [6, 6.07) is 1.74. The van der Waals surface area contributed by atoms with E-state index in [4.69, 9.17) is 0 Å². The van der Waals surface area contributed by atoms with Crippen molar-refractivity contribution in [1.82, 2.24) is 24.5 Å². The third kappa shape index (κ3) is 3.75. The molecule has 0 spiro atoms. The Balaban J connectivity index is 1.54. The van der Waals surface area contributed by atoms with Crippen molar-refractivity contribution < 1.29 is 13.6 Å². The van der Waals surface area contributed by atoms with Crippen LogP contribution >= 0.6 is 0 Å². The molecule has 1 aromatic heterocycles. The maximum Gasteiger partial charge on any atom is 0.262 e. The lowest BCUT2D eigenvalue weighted by Crippen LogP contribution is -2.63. The molecule has 2 aliphatic rings. The predicted molar refractivity (Wildman–Crippen MR) is 85.9 cm³/mol. The number of halogens is 2. The lowest BCUT2D eigenvalue weighted by atomic mass is 10.1. The number of hydrogen-bond donors (Lipinski definition) is 0. The number of carbonyl (C=O) groups is 1. The van der Waals surface area contributed by atoms with Crippen LogP contribution in [0.15, 0.2) is 12.3 Å². The summed E-state index contributed by atoms with van der Waals surface area (Å²) in [5.41, 5.74) is 0.870. The lowest BCUT2D eigenvalue weighted by Gasteiger charge is -2.46. The maximum atomic E-state index is 13.8. The normalized spacial score (nSPS) is 24.6.